The van der Waals surface area contributed by atoms with Gasteiger partial charge < -0.3 is 14.6 Å². The zero-order valence-corrected chi connectivity index (χ0v) is 25.6. The van der Waals surface area contributed by atoms with Crippen molar-refractivity contribution in [3.8, 4) is 11.5 Å². The van der Waals surface area contributed by atoms with Crippen molar-refractivity contribution in [1.82, 2.24) is 4.90 Å². The number of likely N-dealkylation sites (tertiary alicyclic amines) is 1. The first-order chi connectivity index (χ1) is 22.1. The van der Waals surface area contributed by atoms with Crippen molar-refractivity contribution < 1.29 is 38.6 Å². The number of hydrogen-bond donors (Lipinski definition) is 1. The topological polar surface area (TPSA) is 131 Å². The van der Waals surface area contributed by atoms with Crippen molar-refractivity contribution in [2.45, 2.75) is 24.2 Å². The lowest BCUT2D eigenvalue weighted by atomic mass is 9.49. The van der Waals surface area contributed by atoms with Crippen molar-refractivity contribution in [2.75, 3.05) is 19.1 Å². The summed E-state index contributed by atoms with van der Waals surface area (Å²) in [6.07, 6.45) is 0.944. The van der Waals surface area contributed by atoms with Gasteiger partial charge in [0, 0.05) is 22.6 Å². The number of methoxy groups -OCH3 is 2. The number of phenolic OH excluding ortho intramolecular Hbond substituents is 1. The molecule has 2 heterocycles. The number of ether oxygens (including phenoxy) is 2. The summed E-state index contributed by atoms with van der Waals surface area (Å²) >= 11 is 6.32. The van der Waals surface area contributed by atoms with Gasteiger partial charge in [0.05, 0.1) is 43.1 Å². The SMILES string of the molecule is COC(=O)N1C(=O)[C@H]2[C@H](CC=C3[C@H]2C[C@H]2C(=O)N(c4cccc(Cl)c4)C(=O)[C@@]2(c2ccccc2)[C@H]3c2ccc(OC)cc2O)C1=O. The van der Waals surface area contributed by atoms with E-state index in [2.05, 4.69) is 0 Å². The van der Waals surface area contributed by atoms with Gasteiger partial charge >= 0.3 is 6.09 Å². The van der Waals surface area contributed by atoms with Crippen molar-refractivity contribution in [3.05, 3.63) is 101 Å². The zero-order valence-electron chi connectivity index (χ0n) is 24.9. The second-order valence-electron chi connectivity index (χ2n) is 12.0. The predicted octanol–water partition coefficient (Wildman–Crippen LogP) is 4.98. The molecule has 0 unspecified atom stereocenters. The molecule has 3 aromatic carbocycles. The van der Waals surface area contributed by atoms with Gasteiger partial charge in [0.2, 0.25) is 23.6 Å². The maximum absolute atomic E-state index is 15.1. The van der Waals surface area contributed by atoms with E-state index in [1.54, 1.807) is 60.7 Å². The molecule has 0 aromatic heterocycles. The van der Waals surface area contributed by atoms with Crippen LogP contribution in [0.1, 0.15) is 29.9 Å². The summed E-state index contributed by atoms with van der Waals surface area (Å²) in [5, 5.41) is 11.9. The lowest BCUT2D eigenvalue weighted by Crippen LogP contribution is -2.53. The predicted molar refractivity (Wildman–Crippen MR) is 165 cm³/mol. The molecule has 11 heteroatoms. The Morgan fingerprint density at radius 3 is 2.35 bits per heavy atom. The van der Waals surface area contributed by atoms with Crippen LogP contribution in [-0.4, -0.2) is 53.9 Å². The van der Waals surface area contributed by atoms with Crippen LogP contribution in [0.5, 0.6) is 11.5 Å². The third kappa shape index (κ3) is 3.99. The molecule has 5 amide bonds. The molecule has 1 N–H and O–H groups in total. The number of anilines is 1. The highest BCUT2D eigenvalue weighted by Crippen LogP contribution is 2.65. The zero-order chi connectivity index (χ0) is 32.5. The smallest absolute Gasteiger partial charge is 0.423 e. The fourth-order valence-electron chi connectivity index (χ4n) is 8.25. The monoisotopic (exact) mass is 640 g/mol. The molecule has 3 aromatic rings. The second kappa shape index (κ2) is 10.8. The Balaban J connectivity index is 1.50. The van der Waals surface area contributed by atoms with Crippen molar-refractivity contribution in [3.63, 3.8) is 0 Å². The highest BCUT2D eigenvalue weighted by atomic mass is 35.5. The lowest BCUT2D eigenvalue weighted by molar-refractivity contribution is -0.138. The molecular formula is C35H29ClN2O8. The maximum Gasteiger partial charge on any atom is 0.423 e. The molecule has 0 radical (unpaired) electrons. The number of phenols is 1. The van der Waals surface area contributed by atoms with Gasteiger partial charge in [-0.1, -0.05) is 65.7 Å². The van der Waals surface area contributed by atoms with E-state index in [0.717, 1.165) is 12.0 Å². The molecule has 0 spiro atoms. The van der Waals surface area contributed by atoms with Gasteiger partial charge in [0.15, 0.2) is 0 Å². The normalized spacial score (nSPS) is 28.4. The third-order valence-electron chi connectivity index (χ3n) is 10.1. The number of fused-ring (bicyclic) bond motifs is 4. The molecule has 2 aliphatic carbocycles. The van der Waals surface area contributed by atoms with Gasteiger partial charge in [0.25, 0.3) is 0 Å². The average molecular weight is 641 g/mol. The summed E-state index contributed by atoms with van der Waals surface area (Å²) in [6.45, 7) is 0. The number of halogens is 1. The minimum absolute atomic E-state index is 0.0466. The Morgan fingerprint density at radius 1 is 0.913 bits per heavy atom. The van der Waals surface area contributed by atoms with Gasteiger partial charge in [0.1, 0.15) is 11.5 Å². The van der Waals surface area contributed by atoms with E-state index < -0.39 is 64.7 Å². The Kier molecular flexibility index (Phi) is 7.01. The van der Waals surface area contributed by atoms with E-state index in [9.17, 15) is 24.3 Å². The number of benzene rings is 3. The Morgan fingerprint density at radius 2 is 1.67 bits per heavy atom. The van der Waals surface area contributed by atoms with Gasteiger partial charge in [-0.15, -0.1) is 0 Å². The molecule has 6 atom stereocenters. The standard InChI is InChI=1S/C35H29ClN2O8/c1-45-21-11-12-23(27(39)16-21)29-22-13-14-24-28(32(42)38(30(24)40)34(44)46-2)25(22)17-26-31(41)37(20-10-6-9-19(36)15-20)33(43)35(26,29)18-7-4-3-5-8-18/h3-13,15-16,24-26,28-29,39H,14,17H2,1-2H3/t24-,25+,26-,28-,29+,35+/m0/s1. The highest BCUT2D eigenvalue weighted by Gasteiger charge is 2.70. The lowest BCUT2D eigenvalue weighted by Gasteiger charge is -2.50. The molecule has 2 saturated heterocycles. The average Bonchev–Trinajstić information content (AvgIpc) is 3.45. The molecule has 46 heavy (non-hydrogen) atoms. The van der Waals surface area contributed by atoms with Crippen LogP contribution in [0.3, 0.4) is 0 Å². The minimum atomic E-state index is -1.55. The van der Waals surface area contributed by atoms with E-state index >= 15 is 4.79 Å². The number of allylic oxidation sites excluding steroid dienone is 2. The Bertz CT molecular complexity index is 1860. The fourth-order valence-corrected chi connectivity index (χ4v) is 8.44. The number of hydrogen-bond acceptors (Lipinski definition) is 8. The van der Waals surface area contributed by atoms with Crippen LogP contribution in [-0.2, 0) is 29.3 Å². The quantitative estimate of drug-likeness (QED) is 0.312. The van der Waals surface area contributed by atoms with Crippen LogP contribution in [0.2, 0.25) is 5.02 Å². The van der Waals surface area contributed by atoms with Crippen LogP contribution in [0.4, 0.5) is 10.5 Å². The highest BCUT2D eigenvalue weighted by molar-refractivity contribution is 6.32. The molecule has 3 fully saturated rings. The summed E-state index contributed by atoms with van der Waals surface area (Å²) in [6, 6.07) is 20.2. The van der Waals surface area contributed by atoms with Crippen LogP contribution in [0, 0.1) is 23.7 Å². The first-order valence-electron chi connectivity index (χ1n) is 14.9. The number of nitrogens with zero attached hydrogens (tertiary/aromatic N) is 2. The van der Waals surface area contributed by atoms with Crippen molar-refractivity contribution >= 4 is 47.0 Å². The van der Waals surface area contributed by atoms with E-state index in [-0.39, 0.29) is 18.6 Å². The summed E-state index contributed by atoms with van der Waals surface area (Å²) in [5.41, 5.74) is 0.317. The summed E-state index contributed by atoms with van der Waals surface area (Å²) < 4.78 is 10.1. The number of imide groups is 4. The molecule has 2 aliphatic heterocycles. The minimum Gasteiger partial charge on any atom is -0.508 e. The van der Waals surface area contributed by atoms with Crippen LogP contribution < -0.4 is 9.64 Å². The van der Waals surface area contributed by atoms with Crippen molar-refractivity contribution in [1.29, 1.82) is 0 Å². The van der Waals surface area contributed by atoms with Crippen LogP contribution in [0.15, 0.2) is 84.4 Å². The van der Waals surface area contributed by atoms with Gasteiger partial charge in [-0.2, -0.15) is 4.90 Å². The van der Waals surface area contributed by atoms with Gasteiger partial charge in [-0.3, -0.25) is 19.2 Å². The summed E-state index contributed by atoms with van der Waals surface area (Å²) in [7, 11) is 2.56. The van der Waals surface area contributed by atoms with Crippen LogP contribution in [0.25, 0.3) is 0 Å². The summed E-state index contributed by atoms with van der Waals surface area (Å²) in [5.74, 6) is -6.57. The molecular weight excluding hydrogens is 612 g/mol. The first-order valence-corrected chi connectivity index (χ1v) is 15.2. The van der Waals surface area contributed by atoms with E-state index in [1.165, 1.54) is 13.2 Å². The Hall–Kier alpha value is -4.96. The second-order valence-corrected chi connectivity index (χ2v) is 12.4. The van der Waals surface area contributed by atoms with Gasteiger partial charge in [-0.05, 0) is 48.6 Å². The fraction of sp³-hybridized carbons (Fsp3) is 0.286. The molecule has 7 rings (SSSR count). The molecule has 10 nitrogen and oxygen atoms in total. The molecule has 234 valence electrons. The first kappa shape index (κ1) is 29.7. The number of carbonyl (C=O) groups is 5. The molecule has 1 saturated carbocycles. The third-order valence-corrected chi connectivity index (χ3v) is 10.3. The van der Waals surface area contributed by atoms with E-state index in [1.807, 2.05) is 12.1 Å². The van der Waals surface area contributed by atoms with E-state index in [0.29, 0.717) is 38.1 Å². The Labute approximate surface area is 269 Å². The number of rotatable bonds is 4. The number of carbonyl (C=O) groups excluding carboxylic acids is 5. The van der Waals surface area contributed by atoms with E-state index in [4.69, 9.17) is 21.1 Å². The molecule has 4 aliphatic rings. The largest absolute Gasteiger partial charge is 0.508 e. The number of amides is 5. The summed E-state index contributed by atoms with van der Waals surface area (Å²) in [4.78, 5) is 71.3. The molecule has 0 bridgehead atoms. The number of aromatic hydroxyl groups is 1. The van der Waals surface area contributed by atoms with Gasteiger partial charge in [-0.25, -0.2) is 9.69 Å². The van der Waals surface area contributed by atoms with Crippen molar-refractivity contribution in [2.24, 2.45) is 23.7 Å². The van der Waals surface area contributed by atoms with Crippen LogP contribution >= 0.6 is 11.6 Å². The maximum atomic E-state index is 15.1.